The van der Waals surface area contributed by atoms with Gasteiger partial charge in [0.15, 0.2) is 0 Å². The number of nitrogens with zero attached hydrogens (tertiary/aromatic N) is 1. The number of hydrogen-bond donors (Lipinski definition) is 2. The van der Waals surface area contributed by atoms with E-state index in [2.05, 4.69) is 26.1 Å². The first kappa shape index (κ1) is 17.7. The van der Waals surface area contributed by atoms with Crippen LogP contribution in [0.2, 0.25) is 0 Å². The predicted molar refractivity (Wildman–Crippen MR) is 89.4 cm³/mol. The third kappa shape index (κ3) is 5.84. The molecule has 0 aliphatic heterocycles. The van der Waals surface area contributed by atoms with E-state index >= 15 is 0 Å². The molecule has 1 aromatic rings. The van der Waals surface area contributed by atoms with Crippen LogP contribution in [0.15, 0.2) is 22.7 Å². The fourth-order valence-electron chi connectivity index (χ4n) is 2.36. The van der Waals surface area contributed by atoms with E-state index in [0.717, 1.165) is 28.6 Å². The van der Waals surface area contributed by atoms with Crippen LogP contribution in [0.5, 0.6) is 5.75 Å². The quantitative estimate of drug-likeness (QED) is 0.680. The number of ether oxygens (including phenoxy) is 1. The highest BCUT2D eigenvalue weighted by atomic mass is 79.9. The Morgan fingerprint density at radius 2 is 2.17 bits per heavy atom. The normalized spacial score (nSPS) is 13.9. The van der Waals surface area contributed by atoms with Crippen molar-refractivity contribution >= 4 is 27.8 Å². The summed E-state index contributed by atoms with van der Waals surface area (Å²) in [4.78, 5) is 24.5. The second-order valence-electron chi connectivity index (χ2n) is 5.49. The first-order valence-corrected chi connectivity index (χ1v) is 8.42. The molecule has 0 radical (unpaired) electrons. The number of carbonyl (C=O) groups is 2. The molecule has 0 unspecified atom stereocenters. The molecule has 6 nitrogen and oxygen atoms in total. The summed E-state index contributed by atoms with van der Waals surface area (Å²) in [5, 5.41) is 11.0. The molecule has 0 spiro atoms. The van der Waals surface area contributed by atoms with E-state index in [9.17, 15) is 9.59 Å². The van der Waals surface area contributed by atoms with Crippen LogP contribution in [-0.4, -0.2) is 47.6 Å². The molecule has 1 aromatic carbocycles. The van der Waals surface area contributed by atoms with Gasteiger partial charge in [-0.3, -0.25) is 14.5 Å². The number of aliphatic carboxylic acids is 1. The molecule has 1 aliphatic carbocycles. The van der Waals surface area contributed by atoms with Gasteiger partial charge in [-0.05, 0) is 38.0 Å². The van der Waals surface area contributed by atoms with Gasteiger partial charge in [0, 0.05) is 22.6 Å². The van der Waals surface area contributed by atoms with Crippen LogP contribution in [0.4, 0.5) is 0 Å². The fraction of sp³-hybridized carbons (Fsp3) is 0.500. The van der Waals surface area contributed by atoms with Gasteiger partial charge < -0.3 is 15.2 Å². The third-order valence-electron chi connectivity index (χ3n) is 3.54. The molecule has 0 atom stereocenters. The van der Waals surface area contributed by atoms with E-state index in [4.69, 9.17) is 9.84 Å². The summed E-state index contributed by atoms with van der Waals surface area (Å²) in [6.07, 6.45) is 2.12. The molecule has 7 heteroatoms. The average molecular weight is 385 g/mol. The number of hydrogen-bond acceptors (Lipinski definition) is 4. The van der Waals surface area contributed by atoms with Crippen LogP contribution in [0.3, 0.4) is 0 Å². The molecular formula is C16H21BrN2O4. The van der Waals surface area contributed by atoms with Crippen LogP contribution in [0.1, 0.15) is 25.3 Å². The fourth-order valence-corrected chi connectivity index (χ4v) is 2.76. The standard InChI is InChI=1S/C16H21BrN2O4/c1-2-23-14-6-3-12(17)7-11(14)9-19(13-4-5-13)10-15(20)18-8-16(21)22/h3,6-7,13H,2,4-5,8-10H2,1H3,(H,18,20)(H,21,22). The van der Waals surface area contributed by atoms with Crippen LogP contribution in [-0.2, 0) is 16.1 Å². The molecule has 0 heterocycles. The summed E-state index contributed by atoms with van der Waals surface area (Å²) in [5.74, 6) is -0.499. The Morgan fingerprint density at radius 3 is 2.78 bits per heavy atom. The molecular weight excluding hydrogens is 364 g/mol. The van der Waals surface area contributed by atoms with Crippen molar-refractivity contribution in [2.24, 2.45) is 0 Å². The van der Waals surface area contributed by atoms with Crippen molar-refractivity contribution in [1.29, 1.82) is 0 Å². The minimum absolute atomic E-state index is 0.191. The van der Waals surface area contributed by atoms with E-state index < -0.39 is 5.97 Å². The summed E-state index contributed by atoms with van der Waals surface area (Å²) >= 11 is 3.46. The van der Waals surface area contributed by atoms with Crippen LogP contribution >= 0.6 is 15.9 Å². The number of benzene rings is 1. The van der Waals surface area contributed by atoms with Crippen molar-refractivity contribution in [2.75, 3.05) is 19.7 Å². The van der Waals surface area contributed by atoms with E-state index in [1.54, 1.807) is 0 Å². The Hall–Kier alpha value is -1.60. The molecule has 0 saturated heterocycles. The van der Waals surface area contributed by atoms with Crippen LogP contribution in [0, 0.1) is 0 Å². The minimum Gasteiger partial charge on any atom is -0.494 e. The SMILES string of the molecule is CCOc1ccc(Br)cc1CN(CC(=O)NCC(=O)O)C1CC1. The largest absolute Gasteiger partial charge is 0.494 e. The molecule has 1 aliphatic rings. The van der Waals surface area contributed by atoms with Gasteiger partial charge in [0.05, 0.1) is 13.2 Å². The summed E-state index contributed by atoms with van der Waals surface area (Å²) < 4.78 is 6.61. The van der Waals surface area contributed by atoms with Gasteiger partial charge >= 0.3 is 5.97 Å². The lowest BCUT2D eigenvalue weighted by atomic mass is 10.2. The Balaban J connectivity index is 2.03. The van der Waals surface area contributed by atoms with Gasteiger partial charge in [-0.1, -0.05) is 15.9 Å². The highest BCUT2D eigenvalue weighted by molar-refractivity contribution is 9.10. The monoisotopic (exact) mass is 384 g/mol. The smallest absolute Gasteiger partial charge is 0.322 e. The second-order valence-corrected chi connectivity index (χ2v) is 6.41. The Bertz CT molecular complexity index is 575. The van der Waals surface area contributed by atoms with Crippen molar-refractivity contribution in [3.8, 4) is 5.75 Å². The van der Waals surface area contributed by atoms with Crippen molar-refractivity contribution in [2.45, 2.75) is 32.4 Å². The van der Waals surface area contributed by atoms with Crippen molar-refractivity contribution in [1.82, 2.24) is 10.2 Å². The number of carboxylic acids is 1. The summed E-state index contributed by atoms with van der Waals surface area (Å²) in [6, 6.07) is 6.21. The number of halogens is 1. The minimum atomic E-state index is -1.04. The summed E-state index contributed by atoms with van der Waals surface area (Å²) in [7, 11) is 0. The lowest BCUT2D eigenvalue weighted by Crippen LogP contribution is -2.40. The lowest BCUT2D eigenvalue weighted by molar-refractivity contribution is -0.138. The molecule has 126 valence electrons. The first-order valence-electron chi connectivity index (χ1n) is 7.63. The molecule has 2 N–H and O–H groups in total. The third-order valence-corrected chi connectivity index (χ3v) is 4.04. The zero-order chi connectivity index (χ0) is 16.8. The number of carboxylic acid groups (broad SMARTS) is 1. The number of nitrogens with one attached hydrogen (secondary N) is 1. The zero-order valence-electron chi connectivity index (χ0n) is 13.0. The van der Waals surface area contributed by atoms with Gasteiger partial charge in [-0.15, -0.1) is 0 Å². The number of amides is 1. The van der Waals surface area contributed by atoms with E-state index in [1.807, 2.05) is 25.1 Å². The maximum absolute atomic E-state index is 11.9. The Kier molecular flexibility index (Phi) is 6.41. The molecule has 1 fully saturated rings. The van der Waals surface area contributed by atoms with Crippen molar-refractivity contribution < 1.29 is 19.4 Å². The lowest BCUT2D eigenvalue weighted by Gasteiger charge is -2.23. The molecule has 2 rings (SSSR count). The van der Waals surface area contributed by atoms with Crippen molar-refractivity contribution in [3.63, 3.8) is 0 Å². The number of rotatable bonds is 9. The van der Waals surface area contributed by atoms with Crippen LogP contribution in [0.25, 0.3) is 0 Å². The molecule has 0 bridgehead atoms. The maximum atomic E-state index is 11.9. The molecule has 1 saturated carbocycles. The zero-order valence-corrected chi connectivity index (χ0v) is 14.6. The van der Waals surface area contributed by atoms with Crippen molar-refractivity contribution in [3.05, 3.63) is 28.2 Å². The van der Waals surface area contributed by atoms with Gasteiger partial charge in [-0.25, -0.2) is 0 Å². The van der Waals surface area contributed by atoms with Gasteiger partial charge in [0.1, 0.15) is 12.3 Å². The molecule has 1 amide bonds. The summed E-state index contributed by atoms with van der Waals surface area (Å²) in [5.41, 5.74) is 1.01. The Labute approximate surface area is 143 Å². The van der Waals surface area contributed by atoms with Gasteiger partial charge in [0.25, 0.3) is 0 Å². The topological polar surface area (TPSA) is 78.9 Å². The average Bonchev–Trinajstić information content (AvgIpc) is 3.32. The van der Waals surface area contributed by atoms with Gasteiger partial charge in [0.2, 0.25) is 5.91 Å². The molecule has 0 aromatic heterocycles. The molecule has 23 heavy (non-hydrogen) atoms. The Morgan fingerprint density at radius 1 is 1.43 bits per heavy atom. The highest BCUT2D eigenvalue weighted by Crippen LogP contribution is 2.31. The first-order chi connectivity index (χ1) is 11.0. The number of carbonyl (C=O) groups excluding carboxylic acids is 1. The summed E-state index contributed by atoms with van der Waals surface area (Å²) in [6.45, 7) is 2.95. The maximum Gasteiger partial charge on any atom is 0.322 e. The predicted octanol–water partition coefficient (Wildman–Crippen LogP) is 2.01. The van der Waals surface area contributed by atoms with E-state index in [0.29, 0.717) is 19.2 Å². The van der Waals surface area contributed by atoms with Gasteiger partial charge in [-0.2, -0.15) is 0 Å². The van der Waals surface area contributed by atoms with E-state index in [1.165, 1.54) is 0 Å². The van der Waals surface area contributed by atoms with E-state index in [-0.39, 0.29) is 19.0 Å². The van der Waals surface area contributed by atoms with Crippen LogP contribution < -0.4 is 10.1 Å². The second kappa shape index (κ2) is 8.31. The highest BCUT2D eigenvalue weighted by Gasteiger charge is 2.31.